The fraction of sp³-hybridized carbons (Fsp3) is 0.250. The van der Waals surface area contributed by atoms with Crippen LogP contribution in [0.3, 0.4) is 0 Å². The fourth-order valence-corrected chi connectivity index (χ4v) is 4.19. The Morgan fingerprint density at radius 1 is 1.25 bits per heavy atom. The molecule has 3 heterocycles. The molecular formula is C20H19FN6S. The molecule has 1 aliphatic rings. The molecule has 4 N–H and O–H groups in total. The molecule has 0 radical (unpaired) electrons. The highest BCUT2D eigenvalue weighted by atomic mass is 32.1. The van der Waals surface area contributed by atoms with E-state index in [-0.39, 0.29) is 11.9 Å². The number of hydrogen-bond acceptors (Lipinski definition) is 6. The van der Waals surface area contributed by atoms with E-state index in [1.807, 2.05) is 12.3 Å². The number of aromatic amines is 1. The number of hydrogen-bond donors (Lipinski definition) is 3. The maximum atomic E-state index is 13.2. The van der Waals surface area contributed by atoms with Crippen LogP contribution < -0.4 is 11.1 Å². The molecule has 8 heteroatoms. The van der Waals surface area contributed by atoms with Gasteiger partial charge in [-0.25, -0.2) is 9.37 Å². The maximum absolute atomic E-state index is 13.2. The number of nitrogens with two attached hydrogens (primary N) is 1. The first kappa shape index (κ1) is 17.1. The molecular weight excluding hydrogens is 375 g/mol. The second-order valence-corrected chi connectivity index (χ2v) is 8.04. The van der Waals surface area contributed by atoms with Crippen molar-refractivity contribution in [3.05, 3.63) is 52.8 Å². The highest BCUT2D eigenvalue weighted by Crippen LogP contribution is 2.41. The number of halogens is 1. The number of benzene rings is 1. The molecule has 28 heavy (non-hydrogen) atoms. The molecule has 5 rings (SSSR count). The lowest BCUT2D eigenvalue weighted by Gasteiger charge is -2.14. The molecule has 142 valence electrons. The number of nitrogen functional groups attached to an aromatic ring is 1. The van der Waals surface area contributed by atoms with Gasteiger partial charge in [-0.2, -0.15) is 10.1 Å². The molecule has 1 aromatic carbocycles. The molecule has 6 nitrogen and oxygen atoms in total. The van der Waals surface area contributed by atoms with Crippen molar-refractivity contribution in [2.24, 2.45) is 0 Å². The molecule has 1 atom stereocenters. The van der Waals surface area contributed by atoms with Crippen molar-refractivity contribution in [2.75, 3.05) is 11.1 Å². The minimum atomic E-state index is -0.259. The van der Waals surface area contributed by atoms with Crippen molar-refractivity contribution in [3.8, 4) is 11.3 Å². The molecule has 0 unspecified atom stereocenters. The zero-order valence-electron chi connectivity index (χ0n) is 15.2. The Balaban J connectivity index is 1.48. The number of thiophene rings is 1. The molecule has 0 aliphatic heterocycles. The number of aromatic nitrogens is 4. The lowest BCUT2D eigenvalue weighted by atomic mass is 10.1. The molecule has 1 fully saturated rings. The predicted octanol–water partition coefficient (Wildman–Crippen LogP) is 4.85. The van der Waals surface area contributed by atoms with E-state index in [1.54, 1.807) is 12.1 Å². The molecule has 0 amide bonds. The fourth-order valence-electron chi connectivity index (χ4n) is 3.29. The first-order chi connectivity index (χ1) is 13.6. The Bertz CT molecular complexity index is 1150. The van der Waals surface area contributed by atoms with Gasteiger partial charge < -0.3 is 11.1 Å². The molecule has 0 saturated heterocycles. The van der Waals surface area contributed by atoms with Gasteiger partial charge in [-0.3, -0.25) is 5.10 Å². The van der Waals surface area contributed by atoms with E-state index in [1.165, 1.54) is 42.0 Å². The van der Waals surface area contributed by atoms with Crippen LogP contribution in [-0.2, 0) is 0 Å². The number of nitrogens with zero attached hydrogens (tertiary/aromatic N) is 3. The first-order valence-electron chi connectivity index (χ1n) is 9.21. The lowest BCUT2D eigenvalue weighted by Crippen LogP contribution is -2.10. The van der Waals surface area contributed by atoms with Crippen LogP contribution >= 0.6 is 11.3 Å². The minimum absolute atomic E-state index is 0.0913. The van der Waals surface area contributed by atoms with E-state index in [0.717, 1.165) is 27.0 Å². The summed E-state index contributed by atoms with van der Waals surface area (Å²) in [6, 6.07) is 8.38. The summed E-state index contributed by atoms with van der Waals surface area (Å²) in [5, 5.41) is 12.9. The maximum Gasteiger partial charge on any atom is 0.225 e. The standard InChI is InChI=1S/C20H19FN6S/c1-10(11-4-6-13(21)7-5-11)23-20-24-17-14(9-28-18(17)19(22)25-20)16-8-15(26-27-16)12-2-3-12/h4-10,12H,2-3H2,1H3,(H,26,27)(H3,22,23,24,25)/t10-/m0/s1. The van der Waals surface area contributed by atoms with Gasteiger partial charge in [0.1, 0.15) is 11.6 Å². The summed E-state index contributed by atoms with van der Waals surface area (Å²) < 4.78 is 14.0. The van der Waals surface area contributed by atoms with Crippen molar-refractivity contribution in [2.45, 2.75) is 31.7 Å². The van der Waals surface area contributed by atoms with Gasteiger partial charge in [0.25, 0.3) is 0 Å². The van der Waals surface area contributed by atoms with Gasteiger partial charge in [-0.15, -0.1) is 11.3 Å². The summed E-state index contributed by atoms with van der Waals surface area (Å²) in [5.74, 6) is 1.23. The average molecular weight is 394 g/mol. The summed E-state index contributed by atoms with van der Waals surface area (Å²) >= 11 is 1.52. The van der Waals surface area contributed by atoms with Crippen LogP contribution in [0.4, 0.5) is 16.2 Å². The van der Waals surface area contributed by atoms with E-state index < -0.39 is 0 Å². The van der Waals surface area contributed by atoms with E-state index in [4.69, 9.17) is 10.7 Å². The summed E-state index contributed by atoms with van der Waals surface area (Å²) in [5.41, 5.74) is 10.9. The highest BCUT2D eigenvalue weighted by Gasteiger charge is 2.26. The zero-order chi connectivity index (χ0) is 19.3. The van der Waals surface area contributed by atoms with Gasteiger partial charge >= 0.3 is 0 Å². The van der Waals surface area contributed by atoms with Gasteiger partial charge in [0.15, 0.2) is 0 Å². The topological polar surface area (TPSA) is 92.5 Å². The summed E-state index contributed by atoms with van der Waals surface area (Å²) in [6.07, 6.45) is 2.44. The number of nitrogens with one attached hydrogen (secondary N) is 2. The summed E-state index contributed by atoms with van der Waals surface area (Å²) in [6.45, 7) is 1.97. The van der Waals surface area contributed by atoms with Crippen LogP contribution in [0.1, 0.15) is 43.0 Å². The van der Waals surface area contributed by atoms with Crippen LogP contribution in [0.2, 0.25) is 0 Å². The van der Waals surface area contributed by atoms with Crippen LogP contribution in [0.5, 0.6) is 0 Å². The summed E-state index contributed by atoms with van der Waals surface area (Å²) in [4.78, 5) is 9.10. The monoisotopic (exact) mass is 394 g/mol. The van der Waals surface area contributed by atoms with Crippen LogP contribution in [0, 0.1) is 5.82 Å². The predicted molar refractivity (Wildman–Crippen MR) is 110 cm³/mol. The molecule has 3 aromatic heterocycles. The van der Waals surface area contributed by atoms with Crippen molar-refractivity contribution >= 4 is 33.3 Å². The second-order valence-electron chi connectivity index (χ2n) is 7.16. The van der Waals surface area contributed by atoms with Crippen molar-refractivity contribution in [3.63, 3.8) is 0 Å². The van der Waals surface area contributed by atoms with Crippen LogP contribution in [0.25, 0.3) is 21.5 Å². The Labute approximate surface area is 165 Å². The smallest absolute Gasteiger partial charge is 0.225 e. The number of rotatable bonds is 5. The Kier molecular flexibility index (Phi) is 4.01. The van der Waals surface area contributed by atoms with E-state index in [9.17, 15) is 4.39 Å². The second kappa shape index (κ2) is 6.56. The first-order valence-corrected chi connectivity index (χ1v) is 10.1. The Hall–Kier alpha value is -3.00. The Morgan fingerprint density at radius 2 is 2.04 bits per heavy atom. The largest absolute Gasteiger partial charge is 0.382 e. The number of anilines is 2. The lowest BCUT2D eigenvalue weighted by molar-refractivity contribution is 0.626. The highest BCUT2D eigenvalue weighted by molar-refractivity contribution is 7.18. The van der Waals surface area contributed by atoms with E-state index in [0.29, 0.717) is 17.7 Å². The van der Waals surface area contributed by atoms with Crippen LogP contribution in [0.15, 0.2) is 35.7 Å². The number of fused-ring (bicyclic) bond motifs is 1. The molecule has 1 saturated carbocycles. The number of H-pyrrole nitrogens is 1. The van der Waals surface area contributed by atoms with Crippen molar-refractivity contribution < 1.29 is 4.39 Å². The summed E-state index contributed by atoms with van der Waals surface area (Å²) in [7, 11) is 0. The molecule has 0 bridgehead atoms. The van der Waals surface area contributed by atoms with Crippen molar-refractivity contribution in [1.82, 2.24) is 20.2 Å². The normalized spacial score (nSPS) is 15.1. The van der Waals surface area contributed by atoms with Gasteiger partial charge in [-0.1, -0.05) is 12.1 Å². The zero-order valence-corrected chi connectivity index (χ0v) is 16.1. The molecule has 0 spiro atoms. The van der Waals surface area contributed by atoms with Crippen LogP contribution in [-0.4, -0.2) is 20.2 Å². The van der Waals surface area contributed by atoms with Crippen molar-refractivity contribution in [1.29, 1.82) is 0 Å². The van der Waals surface area contributed by atoms with Gasteiger partial charge in [0, 0.05) is 22.6 Å². The van der Waals surface area contributed by atoms with E-state index in [2.05, 4.69) is 26.6 Å². The van der Waals surface area contributed by atoms with Gasteiger partial charge in [-0.05, 0) is 43.5 Å². The quantitative estimate of drug-likeness (QED) is 0.450. The third-order valence-corrected chi connectivity index (χ3v) is 6.04. The molecule has 4 aromatic rings. The Morgan fingerprint density at radius 3 is 2.79 bits per heavy atom. The van der Waals surface area contributed by atoms with Gasteiger partial charge in [0.05, 0.1) is 22.0 Å². The average Bonchev–Trinajstić information content (AvgIpc) is 3.25. The SMILES string of the molecule is C[C@H](Nc1nc(N)c2scc(-c3cc(C4CC4)[nH]n3)c2n1)c1ccc(F)cc1. The molecule has 1 aliphatic carbocycles. The third-order valence-electron chi connectivity index (χ3n) is 5.05. The third kappa shape index (κ3) is 3.09. The minimum Gasteiger partial charge on any atom is -0.382 e. The van der Waals surface area contributed by atoms with E-state index >= 15 is 0 Å². The van der Waals surface area contributed by atoms with Gasteiger partial charge in [0.2, 0.25) is 5.95 Å².